The van der Waals surface area contributed by atoms with E-state index in [0.717, 1.165) is 31.8 Å². The Labute approximate surface area is 309 Å². The number of carbonyl (C=O) groups excluding carboxylic acids is 2. The lowest BCUT2D eigenvalue weighted by atomic mass is 10.1. The summed E-state index contributed by atoms with van der Waals surface area (Å²) in [6, 6.07) is 54.6. The van der Waals surface area contributed by atoms with Crippen LogP contribution >= 0.6 is 15.8 Å². The maximum absolute atomic E-state index is 14.2. The normalized spacial score (nSPS) is 14.0. The zero-order chi connectivity index (χ0) is 36.6. The SMILES string of the molecule is O=C(N=C1C=CC([N+](=O)[O-])=CC1=NC(=O)c1ccccc1P(c1ccccc1)c1ccccc1)c1ccccc1P(c1ccccc1)c1ccccc1. The molecule has 53 heavy (non-hydrogen) atoms. The second kappa shape index (κ2) is 16.4. The number of nitrogens with zero attached hydrogens (tertiary/aromatic N) is 3. The smallest absolute Gasteiger partial charge is 0.267 e. The van der Waals surface area contributed by atoms with E-state index < -0.39 is 32.6 Å². The van der Waals surface area contributed by atoms with Gasteiger partial charge in [0, 0.05) is 12.2 Å². The van der Waals surface area contributed by atoms with E-state index in [4.69, 9.17) is 0 Å². The first kappa shape index (κ1) is 35.2. The fourth-order valence-corrected chi connectivity index (χ4v) is 10.9. The van der Waals surface area contributed by atoms with Crippen molar-refractivity contribution in [1.82, 2.24) is 0 Å². The van der Waals surface area contributed by atoms with Gasteiger partial charge in [0.2, 0.25) is 0 Å². The number of nitro groups is 1. The van der Waals surface area contributed by atoms with Gasteiger partial charge in [-0.05, 0) is 65.9 Å². The predicted molar refractivity (Wildman–Crippen MR) is 218 cm³/mol. The molecule has 0 saturated heterocycles. The molecule has 6 aromatic rings. The van der Waals surface area contributed by atoms with Gasteiger partial charge in [-0.15, -0.1) is 0 Å². The van der Waals surface area contributed by atoms with Crippen LogP contribution in [0.2, 0.25) is 0 Å². The van der Waals surface area contributed by atoms with Crippen LogP contribution in [0.3, 0.4) is 0 Å². The van der Waals surface area contributed by atoms with Crippen LogP contribution in [0.5, 0.6) is 0 Å². The zero-order valence-corrected chi connectivity index (χ0v) is 30.1. The van der Waals surface area contributed by atoms with Crippen LogP contribution < -0.4 is 31.8 Å². The van der Waals surface area contributed by atoms with Crippen LogP contribution in [-0.2, 0) is 0 Å². The molecule has 0 atom stereocenters. The summed E-state index contributed by atoms with van der Waals surface area (Å²) in [5, 5.41) is 17.7. The predicted octanol–water partition coefficient (Wildman–Crippen LogP) is 6.80. The molecule has 7 rings (SSSR count). The highest BCUT2D eigenvalue weighted by atomic mass is 31.1. The number of hydrogen-bond acceptors (Lipinski definition) is 4. The van der Waals surface area contributed by atoms with E-state index in [-0.39, 0.29) is 17.1 Å². The molecular weight excluding hydrogens is 696 g/mol. The molecule has 0 aliphatic heterocycles. The van der Waals surface area contributed by atoms with Gasteiger partial charge in [-0.25, -0.2) is 9.98 Å². The molecular formula is C44H31N3O4P2. The van der Waals surface area contributed by atoms with E-state index in [1.54, 1.807) is 24.3 Å². The Morgan fingerprint density at radius 3 is 1.17 bits per heavy atom. The van der Waals surface area contributed by atoms with Gasteiger partial charge in [0.1, 0.15) is 0 Å². The van der Waals surface area contributed by atoms with Crippen molar-refractivity contribution < 1.29 is 14.5 Å². The van der Waals surface area contributed by atoms with Crippen LogP contribution in [0.1, 0.15) is 20.7 Å². The molecule has 0 fully saturated rings. The number of benzene rings is 6. The molecule has 0 radical (unpaired) electrons. The minimum absolute atomic E-state index is 0.0540. The highest BCUT2D eigenvalue weighted by Crippen LogP contribution is 2.35. The van der Waals surface area contributed by atoms with Crippen molar-refractivity contribution in [2.75, 3.05) is 0 Å². The summed E-state index contributed by atoms with van der Waals surface area (Å²) in [6.45, 7) is 0. The van der Waals surface area contributed by atoms with Gasteiger partial charge >= 0.3 is 0 Å². The Bertz CT molecular complexity index is 2330. The molecule has 0 aromatic heterocycles. The van der Waals surface area contributed by atoms with E-state index in [9.17, 15) is 19.7 Å². The average molecular weight is 728 g/mol. The molecule has 256 valence electrons. The molecule has 1 aliphatic rings. The van der Waals surface area contributed by atoms with Gasteiger partial charge in [-0.1, -0.05) is 158 Å². The molecule has 9 heteroatoms. The summed E-state index contributed by atoms with van der Waals surface area (Å²) in [7, 11) is -2.29. The number of allylic oxidation sites excluding steroid dienone is 3. The Morgan fingerprint density at radius 1 is 0.453 bits per heavy atom. The van der Waals surface area contributed by atoms with Gasteiger partial charge in [-0.3, -0.25) is 19.7 Å². The third kappa shape index (κ3) is 7.98. The summed E-state index contributed by atoms with van der Waals surface area (Å²) in [6.07, 6.45) is 3.83. The first-order valence-corrected chi connectivity index (χ1v) is 19.5. The minimum atomic E-state index is -1.16. The van der Waals surface area contributed by atoms with Crippen LogP contribution in [0.15, 0.2) is 204 Å². The number of aliphatic imine (C=N–C) groups is 2. The molecule has 1 aliphatic carbocycles. The Morgan fingerprint density at radius 2 is 0.792 bits per heavy atom. The minimum Gasteiger partial charge on any atom is -0.267 e. The molecule has 2 amide bonds. The van der Waals surface area contributed by atoms with Crippen molar-refractivity contribution in [3.8, 4) is 0 Å². The van der Waals surface area contributed by atoms with Crippen LogP contribution in [0, 0.1) is 10.1 Å². The maximum atomic E-state index is 14.2. The molecule has 7 nitrogen and oxygen atoms in total. The number of rotatable bonds is 9. The monoisotopic (exact) mass is 727 g/mol. The summed E-state index contributed by atoms with van der Waals surface area (Å²) in [5.41, 5.74) is 0.463. The van der Waals surface area contributed by atoms with Crippen LogP contribution in [-0.4, -0.2) is 28.2 Å². The van der Waals surface area contributed by atoms with Gasteiger partial charge in [0.25, 0.3) is 17.5 Å². The molecule has 0 bridgehead atoms. The van der Waals surface area contributed by atoms with Gasteiger partial charge < -0.3 is 0 Å². The van der Waals surface area contributed by atoms with Crippen molar-refractivity contribution in [2.24, 2.45) is 9.98 Å². The second-order valence-electron chi connectivity index (χ2n) is 11.8. The summed E-state index contributed by atoms with van der Waals surface area (Å²) < 4.78 is 0. The zero-order valence-electron chi connectivity index (χ0n) is 28.3. The first-order chi connectivity index (χ1) is 26.0. The maximum Gasteiger partial charge on any atom is 0.278 e. The van der Waals surface area contributed by atoms with Gasteiger partial charge in [0.15, 0.2) is 0 Å². The first-order valence-electron chi connectivity index (χ1n) is 16.8. The van der Waals surface area contributed by atoms with Crippen molar-refractivity contribution in [1.29, 1.82) is 0 Å². The lowest BCUT2D eigenvalue weighted by molar-refractivity contribution is -0.418. The highest BCUT2D eigenvalue weighted by Gasteiger charge is 2.26. The Kier molecular flexibility index (Phi) is 10.9. The molecule has 6 aromatic carbocycles. The topological polar surface area (TPSA) is 102 Å². The quantitative estimate of drug-likeness (QED) is 0.0708. The largest absolute Gasteiger partial charge is 0.278 e. The van der Waals surface area contributed by atoms with Gasteiger partial charge in [-0.2, -0.15) is 0 Å². The summed E-state index contributed by atoms with van der Waals surface area (Å²) in [5.74, 6) is -1.14. The Balaban J connectivity index is 1.30. The van der Waals surface area contributed by atoms with E-state index in [2.05, 4.69) is 34.3 Å². The number of amides is 2. The lowest BCUT2D eigenvalue weighted by Crippen LogP contribution is -2.26. The third-order valence-corrected chi connectivity index (χ3v) is 13.4. The molecule has 0 saturated carbocycles. The van der Waals surface area contributed by atoms with E-state index in [1.807, 2.05) is 121 Å². The fraction of sp³-hybridized carbons (Fsp3) is 0. The van der Waals surface area contributed by atoms with Gasteiger partial charge in [0.05, 0.1) is 27.5 Å². The summed E-state index contributed by atoms with van der Waals surface area (Å²) >= 11 is 0. The van der Waals surface area contributed by atoms with Crippen molar-refractivity contribution in [3.05, 3.63) is 215 Å². The van der Waals surface area contributed by atoms with E-state index in [0.29, 0.717) is 11.1 Å². The number of hydrogen-bond donors (Lipinski definition) is 0. The highest BCUT2D eigenvalue weighted by molar-refractivity contribution is 7.80. The standard InChI is InChI=1S/C44H31N3O4P2/c48-43(37-25-13-15-27-41(37)52(33-17-5-1-6-18-33)34-19-7-2-8-20-34)45-39-30-29-32(47(50)51)31-40(39)46-44(49)38-26-14-16-28-42(38)53(35-21-9-3-10-22-35)36-23-11-4-12-24-36/h1-31H. The van der Waals surface area contributed by atoms with Crippen LogP contribution in [0.25, 0.3) is 0 Å². The fourth-order valence-electron chi connectivity index (χ4n) is 6.01. The van der Waals surface area contributed by atoms with E-state index >= 15 is 0 Å². The van der Waals surface area contributed by atoms with Crippen molar-refractivity contribution >= 4 is 70.9 Å². The van der Waals surface area contributed by atoms with E-state index in [1.165, 1.54) is 18.2 Å². The lowest BCUT2D eigenvalue weighted by Gasteiger charge is -2.21. The van der Waals surface area contributed by atoms with Crippen molar-refractivity contribution in [2.45, 2.75) is 0 Å². The molecule has 0 N–H and O–H groups in total. The average Bonchev–Trinajstić information content (AvgIpc) is 3.21. The second-order valence-corrected chi connectivity index (χ2v) is 16.2. The molecule has 0 heterocycles. The molecule has 0 spiro atoms. The number of carbonyl (C=O) groups is 2. The summed E-state index contributed by atoms with van der Waals surface area (Å²) in [4.78, 5) is 48.6. The van der Waals surface area contributed by atoms with Crippen molar-refractivity contribution in [3.63, 3.8) is 0 Å². The molecule has 0 unspecified atom stereocenters. The third-order valence-electron chi connectivity index (χ3n) is 8.42. The van der Waals surface area contributed by atoms with Crippen LogP contribution in [0.4, 0.5) is 0 Å². The Hall–Kier alpha value is -6.26.